The summed E-state index contributed by atoms with van der Waals surface area (Å²) in [5.74, 6) is -1.65. The molecule has 26 heavy (non-hydrogen) atoms. The molecule has 5 nitrogen and oxygen atoms in total. The highest BCUT2D eigenvalue weighted by molar-refractivity contribution is 5.87. The fourth-order valence-electron chi connectivity index (χ4n) is 3.23. The zero-order chi connectivity index (χ0) is 18.7. The number of alkyl halides is 2. The molecule has 1 unspecified atom stereocenters. The molecule has 7 heteroatoms. The Kier molecular flexibility index (Phi) is 5.16. The summed E-state index contributed by atoms with van der Waals surface area (Å²) in [6.45, 7) is -2.75. The van der Waals surface area contributed by atoms with E-state index in [-0.39, 0.29) is 18.7 Å². The third kappa shape index (κ3) is 3.66. The Hall–Kier alpha value is -2.96. The highest BCUT2D eigenvalue weighted by atomic mass is 19.3. The predicted octanol–water partition coefficient (Wildman–Crippen LogP) is 3.04. The summed E-state index contributed by atoms with van der Waals surface area (Å²) in [5.41, 5.74) is 1.77. The Morgan fingerprint density at radius 2 is 1.85 bits per heavy atom. The van der Waals surface area contributed by atoms with Crippen molar-refractivity contribution in [3.05, 3.63) is 65.2 Å². The van der Waals surface area contributed by atoms with Gasteiger partial charge in [-0.25, -0.2) is 4.79 Å². The van der Waals surface area contributed by atoms with E-state index in [1.807, 2.05) is 12.1 Å². The number of nitrogens with zero attached hydrogens (tertiary/aromatic N) is 1. The normalized spacial score (nSPS) is 16.3. The number of benzene rings is 2. The van der Waals surface area contributed by atoms with Crippen LogP contribution < -0.4 is 4.74 Å². The molecule has 1 atom stereocenters. The summed E-state index contributed by atoms with van der Waals surface area (Å²) in [4.78, 5) is 25.8. The van der Waals surface area contributed by atoms with Crippen molar-refractivity contribution in [2.24, 2.45) is 0 Å². The number of para-hydroxylation sites is 1. The minimum atomic E-state index is -3.00. The number of hydrogen-bond acceptors (Lipinski definition) is 3. The molecular weight excluding hydrogens is 344 g/mol. The van der Waals surface area contributed by atoms with Gasteiger partial charge in [0.25, 0.3) is 0 Å². The molecule has 0 saturated carbocycles. The number of carboxylic acids is 1. The van der Waals surface area contributed by atoms with Crippen LogP contribution in [0.3, 0.4) is 0 Å². The Labute approximate surface area is 148 Å². The van der Waals surface area contributed by atoms with Crippen LogP contribution in [0.15, 0.2) is 48.5 Å². The smallest absolute Gasteiger partial charge is 0.387 e. The molecule has 0 spiro atoms. The van der Waals surface area contributed by atoms with E-state index in [0.717, 1.165) is 5.56 Å². The van der Waals surface area contributed by atoms with Crippen molar-refractivity contribution in [3.63, 3.8) is 0 Å². The molecular formula is C19H17F2NO4. The average molecular weight is 361 g/mol. The zero-order valence-corrected chi connectivity index (χ0v) is 13.8. The third-order valence-corrected chi connectivity index (χ3v) is 4.37. The second kappa shape index (κ2) is 7.51. The van der Waals surface area contributed by atoms with Gasteiger partial charge in [-0.05, 0) is 23.6 Å². The van der Waals surface area contributed by atoms with Crippen molar-refractivity contribution in [1.82, 2.24) is 4.90 Å². The van der Waals surface area contributed by atoms with E-state index in [9.17, 15) is 23.5 Å². The van der Waals surface area contributed by atoms with Gasteiger partial charge in [0.1, 0.15) is 5.75 Å². The van der Waals surface area contributed by atoms with Gasteiger partial charge >= 0.3 is 12.6 Å². The number of amides is 1. The first-order valence-electron chi connectivity index (χ1n) is 8.10. The largest absolute Gasteiger partial charge is 0.479 e. The van der Waals surface area contributed by atoms with E-state index in [1.165, 1.54) is 23.1 Å². The topological polar surface area (TPSA) is 66.8 Å². The van der Waals surface area contributed by atoms with Gasteiger partial charge in [-0.2, -0.15) is 8.78 Å². The van der Waals surface area contributed by atoms with Gasteiger partial charge in [0.05, 0.1) is 6.42 Å². The molecule has 0 aromatic heterocycles. The highest BCUT2D eigenvalue weighted by Gasteiger charge is 2.35. The van der Waals surface area contributed by atoms with E-state index < -0.39 is 24.5 Å². The summed E-state index contributed by atoms with van der Waals surface area (Å²) >= 11 is 0. The molecule has 0 bridgehead atoms. The molecule has 1 aliphatic heterocycles. The molecule has 0 saturated heterocycles. The van der Waals surface area contributed by atoms with E-state index >= 15 is 0 Å². The van der Waals surface area contributed by atoms with Crippen LogP contribution in [0.1, 0.15) is 22.7 Å². The molecule has 1 aliphatic rings. The highest BCUT2D eigenvalue weighted by Crippen LogP contribution is 2.31. The molecule has 2 aromatic carbocycles. The lowest BCUT2D eigenvalue weighted by molar-refractivity contribution is -0.151. The molecule has 1 N–H and O–H groups in total. The minimum Gasteiger partial charge on any atom is -0.479 e. The quantitative estimate of drug-likeness (QED) is 0.889. The van der Waals surface area contributed by atoms with Crippen LogP contribution in [0, 0.1) is 0 Å². The van der Waals surface area contributed by atoms with Crippen molar-refractivity contribution in [2.45, 2.75) is 25.5 Å². The van der Waals surface area contributed by atoms with Crippen LogP contribution in [0.2, 0.25) is 0 Å². The fourth-order valence-corrected chi connectivity index (χ4v) is 3.23. The molecule has 1 heterocycles. The maximum Gasteiger partial charge on any atom is 0.387 e. The number of carboxylic acid groups (broad SMARTS) is 1. The first-order valence-corrected chi connectivity index (χ1v) is 8.10. The first kappa shape index (κ1) is 17.8. The number of aliphatic carboxylic acids is 1. The monoisotopic (exact) mass is 361 g/mol. The zero-order valence-electron chi connectivity index (χ0n) is 13.8. The average Bonchev–Trinajstić information content (AvgIpc) is 2.61. The number of carbonyl (C=O) groups excluding carboxylic acids is 1. The van der Waals surface area contributed by atoms with Crippen LogP contribution in [-0.2, 0) is 22.4 Å². The minimum absolute atomic E-state index is 0.0832. The third-order valence-electron chi connectivity index (χ3n) is 4.37. The van der Waals surface area contributed by atoms with Crippen LogP contribution in [0.5, 0.6) is 5.75 Å². The summed E-state index contributed by atoms with van der Waals surface area (Å²) < 4.78 is 29.5. The molecule has 0 aliphatic carbocycles. The van der Waals surface area contributed by atoms with Gasteiger partial charge in [-0.3, -0.25) is 4.79 Å². The van der Waals surface area contributed by atoms with Crippen molar-refractivity contribution < 1.29 is 28.2 Å². The summed E-state index contributed by atoms with van der Waals surface area (Å²) in [6.07, 6.45) is 0.329. The fraction of sp³-hybridized carbons (Fsp3) is 0.263. The van der Waals surface area contributed by atoms with Crippen molar-refractivity contribution >= 4 is 11.9 Å². The standard InChI is InChI=1S/C19H17F2NO4/c20-19(21)26-15-8-4-2-6-13(15)11-16(23)22-10-9-12-5-1-3-7-14(12)17(22)18(24)25/h1-8,17,19H,9-11H2,(H,24,25). The maximum atomic E-state index is 12.7. The van der Waals surface area contributed by atoms with Crippen molar-refractivity contribution in [1.29, 1.82) is 0 Å². The van der Waals surface area contributed by atoms with Gasteiger partial charge in [-0.15, -0.1) is 0 Å². The van der Waals surface area contributed by atoms with E-state index in [2.05, 4.69) is 4.74 Å². The van der Waals surface area contributed by atoms with Gasteiger partial charge < -0.3 is 14.7 Å². The number of carbonyl (C=O) groups is 2. The second-order valence-corrected chi connectivity index (χ2v) is 5.94. The molecule has 2 aromatic rings. The van der Waals surface area contributed by atoms with E-state index in [0.29, 0.717) is 17.5 Å². The van der Waals surface area contributed by atoms with Gasteiger partial charge in [0, 0.05) is 12.1 Å². The molecule has 0 fully saturated rings. The Morgan fingerprint density at radius 1 is 1.15 bits per heavy atom. The van der Waals surface area contributed by atoms with E-state index in [4.69, 9.17) is 0 Å². The summed E-state index contributed by atoms with van der Waals surface area (Å²) in [6, 6.07) is 12.0. The molecule has 0 radical (unpaired) electrons. The summed E-state index contributed by atoms with van der Waals surface area (Å²) in [7, 11) is 0. The number of ether oxygens (including phenoxy) is 1. The first-order chi connectivity index (χ1) is 12.5. The number of halogens is 2. The predicted molar refractivity (Wildman–Crippen MR) is 89.0 cm³/mol. The lowest BCUT2D eigenvalue weighted by Crippen LogP contribution is -2.44. The lowest BCUT2D eigenvalue weighted by Gasteiger charge is -2.35. The number of fused-ring (bicyclic) bond motifs is 1. The lowest BCUT2D eigenvalue weighted by atomic mass is 9.92. The second-order valence-electron chi connectivity index (χ2n) is 5.94. The Bertz CT molecular complexity index is 825. The Morgan fingerprint density at radius 3 is 2.58 bits per heavy atom. The SMILES string of the molecule is O=C(O)C1c2ccccc2CCN1C(=O)Cc1ccccc1OC(F)F. The van der Waals surface area contributed by atoms with Crippen LogP contribution >= 0.6 is 0 Å². The summed E-state index contributed by atoms with van der Waals surface area (Å²) in [5, 5.41) is 9.63. The van der Waals surface area contributed by atoms with Gasteiger partial charge in [0.2, 0.25) is 5.91 Å². The number of rotatable bonds is 5. The maximum absolute atomic E-state index is 12.7. The molecule has 136 valence electrons. The molecule has 1 amide bonds. The van der Waals surface area contributed by atoms with E-state index in [1.54, 1.807) is 18.2 Å². The van der Waals surface area contributed by atoms with Crippen molar-refractivity contribution in [2.75, 3.05) is 6.54 Å². The molecule has 3 rings (SSSR count). The van der Waals surface area contributed by atoms with Gasteiger partial charge in [0.15, 0.2) is 6.04 Å². The van der Waals surface area contributed by atoms with Crippen LogP contribution in [-0.4, -0.2) is 35.0 Å². The van der Waals surface area contributed by atoms with Gasteiger partial charge in [-0.1, -0.05) is 42.5 Å². The van der Waals surface area contributed by atoms with Crippen molar-refractivity contribution in [3.8, 4) is 5.75 Å². The van der Waals surface area contributed by atoms with Crippen LogP contribution in [0.25, 0.3) is 0 Å². The Balaban J connectivity index is 1.85. The number of hydrogen-bond donors (Lipinski definition) is 1. The van der Waals surface area contributed by atoms with Crippen LogP contribution in [0.4, 0.5) is 8.78 Å².